The summed E-state index contributed by atoms with van der Waals surface area (Å²) >= 11 is 8.86. The number of carbonyl (C=O) groups is 2. The summed E-state index contributed by atoms with van der Waals surface area (Å²) in [4.78, 5) is 27.3. The molecule has 0 spiro atoms. The summed E-state index contributed by atoms with van der Waals surface area (Å²) in [6.45, 7) is 1.03. The van der Waals surface area contributed by atoms with E-state index in [0.29, 0.717) is 28.8 Å². The SMILES string of the molecule is O=C(Nc1nnc(SCc2ccccc2)s1)[C@@H]1CCCN(C(=O)c2ccc(Cl)cc2)C1. The summed E-state index contributed by atoms with van der Waals surface area (Å²) in [5.41, 5.74) is 1.79. The van der Waals surface area contributed by atoms with Crippen molar-refractivity contribution in [2.45, 2.75) is 22.9 Å². The smallest absolute Gasteiger partial charge is 0.253 e. The van der Waals surface area contributed by atoms with Crippen molar-refractivity contribution in [2.24, 2.45) is 5.92 Å². The molecule has 0 bridgehead atoms. The lowest BCUT2D eigenvalue weighted by molar-refractivity contribution is -0.121. The molecule has 3 aromatic rings. The maximum atomic E-state index is 12.8. The molecule has 1 fully saturated rings. The van der Waals surface area contributed by atoms with Gasteiger partial charge in [-0.3, -0.25) is 9.59 Å². The van der Waals surface area contributed by atoms with Crippen LogP contribution in [0.25, 0.3) is 0 Å². The zero-order chi connectivity index (χ0) is 21.6. The zero-order valence-corrected chi connectivity index (χ0v) is 19.1. The largest absolute Gasteiger partial charge is 0.338 e. The molecule has 0 radical (unpaired) electrons. The van der Waals surface area contributed by atoms with Crippen molar-refractivity contribution < 1.29 is 9.59 Å². The first kappa shape index (κ1) is 21.8. The lowest BCUT2D eigenvalue weighted by Crippen LogP contribution is -2.43. The summed E-state index contributed by atoms with van der Waals surface area (Å²) in [5.74, 6) is 0.330. The predicted molar refractivity (Wildman–Crippen MR) is 125 cm³/mol. The molecule has 1 atom stereocenters. The summed E-state index contributed by atoms with van der Waals surface area (Å²) < 4.78 is 0.808. The highest BCUT2D eigenvalue weighted by molar-refractivity contribution is 8.00. The number of hydrogen-bond acceptors (Lipinski definition) is 6. The van der Waals surface area contributed by atoms with Gasteiger partial charge in [-0.15, -0.1) is 10.2 Å². The van der Waals surface area contributed by atoms with Crippen LogP contribution in [0.5, 0.6) is 0 Å². The second kappa shape index (κ2) is 10.3. The molecule has 1 aromatic heterocycles. The number of nitrogens with zero attached hydrogens (tertiary/aromatic N) is 3. The van der Waals surface area contributed by atoms with E-state index in [1.807, 2.05) is 18.2 Å². The third-order valence-corrected chi connectivity index (χ3v) is 7.31. The van der Waals surface area contributed by atoms with E-state index in [9.17, 15) is 9.59 Å². The molecule has 31 heavy (non-hydrogen) atoms. The van der Waals surface area contributed by atoms with Crippen LogP contribution in [0.3, 0.4) is 0 Å². The third-order valence-electron chi connectivity index (χ3n) is 5.01. The van der Waals surface area contributed by atoms with Gasteiger partial charge in [0.2, 0.25) is 11.0 Å². The average Bonchev–Trinajstić information content (AvgIpc) is 3.26. The van der Waals surface area contributed by atoms with E-state index in [1.54, 1.807) is 40.9 Å². The highest BCUT2D eigenvalue weighted by Gasteiger charge is 2.29. The van der Waals surface area contributed by atoms with E-state index < -0.39 is 0 Å². The molecule has 6 nitrogen and oxygen atoms in total. The van der Waals surface area contributed by atoms with Gasteiger partial charge in [-0.25, -0.2) is 0 Å². The fourth-order valence-corrected chi connectivity index (χ4v) is 5.23. The minimum absolute atomic E-state index is 0.0790. The van der Waals surface area contributed by atoms with Crippen LogP contribution in [0.1, 0.15) is 28.8 Å². The Bertz CT molecular complexity index is 1040. The number of benzene rings is 2. The van der Waals surface area contributed by atoms with Gasteiger partial charge in [0.15, 0.2) is 4.34 Å². The lowest BCUT2D eigenvalue weighted by atomic mass is 9.96. The van der Waals surface area contributed by atoms with Crippen LogP contribution in [-0.4, -0.2) is 40.0 Å². The number of halogens is 1. The Hall–Kier alpha value is -2.42. The Morgan fingerprint density at radius 1 is 1.13 bits per heavy atom. The maximum absolute atomic E-state index is 12.8. The molecule has 1 aliphatic rings. The quantitative estimate of drug-likeness (QED) is 0.404. The fourth-order valence-electron chi connectivity index (χ4n) is 3.40. The van der Waals surface area contributed by atoms with Gasteiger partial charge < -0.3 is 10.2 Å². The van der Waals surface area contributed by atoms with Crippen LogP contribution in [0.2, 0.25) is 5.02 Å². The van der Waals surface area contributed by atoms with Gasteiger partial charge in [0.05, 0.1) is 5.92 Å². The van der Waals surface area contributed by atoms with E-state index in [1.165, 1.54) is 16.9 Å². The van der Waals surface area contributed by atoms with Crippen molar-refractivity contribution in [3.05, 3.63) is 70.7 Å². The monoisotopic (exact) mass is 472 g/mol. The third kappa shape index (κ3) is 5.84. The van der Waals surface area contributed by atoms with E-state index in [-0.39, 0.29) is 17.7 Å². The molecule has 1 aliphatic heterocycles. The molecule has 2 heterocycles. The zero-order valence-electron chi connectivity index (χ0n) is 16.7. The number of thioether (sulfide) groups is 1. The van der Waals surface area contributed by atoms with Crippen molar-refractivity contribution in [2.75, 3.05) is 18.4 Å². The van der Waals surface area contributed by atoms with Crippen molar-refractivity contribution in [3.8, 4) is 0 Å². The van der Waals surface area contributed by atoms with Crippen LogP contribution in [0, 0.1) is 5.92 Å². The predicted octanol–water partition coefficient (Wildman–Crippen LogP) is 4.97. The summed E-state index contributed by atoms with van der Waals surface area (Å²) in [6.07, 6.45) is 1.52. The van der Waals surface area contributed by atoms with Gasteiger partial charge in [0.1, 0.15) is 0 Å². The molecule has 1 saturated heterocycles. The topological polar surface area (TPSA) is 75.2 Å². The van der Waals surface area contributed by atoms with Crippen LogP contribution in [-0.2, 0) is 10.5 Å². The normalized spacial score (nSPS) is 16.2. The molecule has 4 rings (SSSR count). The Kier molecular flexibility index (Phi) is 7.21. The van der Waals surface area contributed by atoms with Gasteiger partial charge in [-0.2, -0.15) is 0 Å². The molecule has 1 N–H and O–H groups in total. The van der Waals surface area contributed by atoms with E-state index in [0.717, 1.165) is 22.9 Å². The minimum Gasteiger partial charge on any atom is -0.338 e. The van der Waals surface area contributed by atoms with Gasteiger partial charge in [-0.1, -0.05) is 65.0 Å². The van der Waals surface area contributed by atoms with Crippen LogP contribution < -0.4 is 5.32 Å². The first-order chi connectivity index (χ1) is 15.1. The molecular weight excluding hydrogens is 452 g/mol. The number of amides is 2. The van der Waals surface area contributed by atoms with E-state index in [2.05, 4.69) is 27.6 Å². The average molecular weight is 473 g/mol. The number of carbonyl (C=O) groups excluding carboxylic acids is 2. The van der Waals surface area contributed by atoms with Gasteiger partial charge in [-0.05, 0) is 42.7 Å². The van der Waals surface area contributed by atoms with Gasteiger partial charge in [0, 0.05) is 29.4 Å². The number of nitrogens with one attached hydrogen (secondary N) is 1. The summed E-state index contributed by atoms with van der Waals surface area (Å²) in [6, 6.07) is 17.0. The first-order valence-electron chi connectivity index (χ1n) is 9.94. The van der Waals surface area contributed by atoms with E-state index >= 15 is 0 Å². The van der Waals surface area contributed by atoms with Crippen molar-refractivity contribution >= 4 is 51.6 Å². The van der Waals surface area contributed by atoms with Crippen molar-refractivity contribution in [1.82, 2.24) is 15.1 Å². The van der Waals surface area contributed by atoms with Crippen LogP contribution in [0.15, 0.2) is 58.9 Å². The van der Waals surface area contributed by atoms with Crippen LogP contribution in [0.4, 0.5) is 5.13 Å². The van der Waals surface area contributed by atoms with Crippen LogP contribution >= 0.6 is 34.7 Å². The summed E-state index contributed by atoms with van der Waals surface area (Å²) in [5, 5.41) is 12.2. The number of rotatable bonds is 6. The van der Waals surface area contributed by atoms with Gasteiger partial charge in [0.25, 0.3) is 5.91 Å². The van der Waals surface area contributed by atoms with Crippen molar-refractivity contribution in [3.63, 3.8) is 0 Å². The molecule has 0 saturated carbocycles. The second-order valence-corrected chi connectivity index (χ2v) is 9.87. The highest BCUT2D eigenvalue weighted by Crippen LogP contribution is 2.29. The molecular formula is C22H21ClN4O2S2. The first-order valence-corrected chi connectivity index (χ1v) is 12.1. The Morgan fingerprint density at radius 3 is 2.68 bits per heavy atom. The summed E-state index contributed by atoms with van der Waals surface area (Å²) in [7, 11) is 0. The minimum atomic E-state index is -0.269. The number of anilines is 1. The number of aromatic nitrogens is 2. The highest BCUT2D eigenvalue weighted by atomic mass is 35.5. The number of piperidine rings is 1. The molecule has 2 aromatic carbocycles. The molecule has 9 heteroatoms. The number of hydrogen-bond donors (Lipinski definition) is 1. The van der Waals surface area contributed by atoms with E-state index in [4.69, 9.17) is 11.6 Å². The molecule has 0 aliphatic carbocycles. The van der Waals surface area contributed by atoms with Crippen molar-refractivity contribution in [1.29, 1.82) is 0 Å². The Labute approximate surface area is 194 Å². The molecule has 160 valence electrons. The Balaban J connectivity index is 1.31. The Morgan fingerprint density at radius 2 is 1.90 bits per heavy atom. The second-order valence-electron chi connectivity index (χ2n) is 7.23. The molecule has 0 unspecified atom stereocenters. The van der Waals surface area contributed by atoms with Gasteiger partial charge >= 0.3 is 0 Å². The fraction of sp³-hybridized carbons (Fsp3) is 0.273. The maximum Gasteiger partial charge on any atom is 0.253 e. The molecule has 2 amide bonds. The number of likely N-dealkylation sites (tertiary alicyclic amines) is 1. The lowest BCUT2D eigenvalue weighted by Gasteiger charge is -2.32. The standard InChI is InChI=1S/C22H21ClN4O2S2/c23-18-10-8-16(9-11-18)20(29)27-12-4-7-17(13-27)19(28)24-21-25-26-22(31-21)30-14-15-5-2-1-3-6-15/h1-3,5-6,8-11,17H,4,7,12-14H2,(H,24,25,28)/t17-/m1/s1.